The molecule has 0 spiro atoms. The van der Waals surface area contributed by atoms with E-state index in [2.05, 4.69) is 23.3 Å². The van der Waals surface area contributed by atoms with Crippen molar-refractivity contribution in [3.63, 3.8) is 0 Å². The van der Waals surface area contributed by atoms with Crippen molar-refractivity contribution >= 4 is 0 Å². The summed E-state index contributed by atoms with van der Waals surface area (Å²) in [4.78, 5) is 3.18. The monoisotopic (exact) mass is 222 g/mol. The van der Waals surface area contributed by atoms with Crippen molar-refractivity contribution in [3.05, 3.63) is 24.0 Å². The Hall–Kier alpha value is -0.800. The van der Waals surface area contributed by atoms with Crippen molar-refractivity contribution in [1.29, 1.82) is 0 Å². The summed E-state index contributed by atoms with van der Waals surface area (Å²) < 4.78 is 5.82. The summed E-state index contributed by atoms with van der Waals surface area (Å²) in [5, 5.41) is 3.54. The molecule has 2 atom stereocenters. The zero-order chi connectivity index (χ0) is 11.2. The topological polar surface area (TPSA) is 37.0 Å². The first-order valence-corrected chi connectivity index (χ1v) is 6.34. The highest BCUT2D eigenvalue weighted by Crippen LogP contribution is 2.16. The fourth-order valence-electron chi connectivity index (χ4n) is 2.24. The molecule has 0 aromatic carbocycles. The fourth-order valence-corrected chi connectivity index (χ4v) is 2.24. The molecule has 0 unspecified atom stereocenters. The average Bonchev–Trinajstić information content (AvgIpc) is 2.84. The van der Waals surface area contributed by atoms with Gasteiger partial charge < -0.3 is 15.0 Å². The zero-order valence-corrected chi connectivity index (χ0v) is 10.0. The maximum atomic E-state index is 5.82. The van der Waals surface area contributed by atoms with Gasteiger partial charge in [0.2, 0.25) is 0 Å². The van der Waals surface area contributed by atoms with Gasteiger partial charge in [-0.2, -0.15) is 0 Å². The van der Waals surface area contributed by atoms with E-state index >= 15 is 0 Å². The van der Waals surface area contributed by atoms with E-state index in [1.165, 1.54) is 25.8 Å². The molecule has 1 aromatic heterocycles. The maximum Gasteiger partial charge on any atom is 0.0944 e. The van der Waals surface area contributed by atoms with Crippen LogP contribution in [0.1, 0.15) is 44.4 Å². The van der Waals surface area contributed by atoms with E-state index in [0.717, 1.165) is 18.7 Å². The van der Waals surface area contributed by atoms with Crippen LogP contribution >= 0.6 is 0 Å². The molecule has 2 heterocycles. The molecule has 3 heteroatoms. The lowest BCUT2D eigenvalue weighted by Crippen LogP contribution is -2.34. The molecule has 0 saturated carbocycles. The second-order valence-corrected chi connectivity index (χ2v) is 4.57. The van der Waals surface area contributed by atoms with Gasteiger partial charge in [-0.15, -0.1) is 0 Å². The Morgan fingerprint density at radius 3 is 3.12 bits per heavy atom. The molecule has 1 aliphatic rings. The summed E-state index contributed by atoms with van der Waals surface area (Å²) in [5.41, 5.74) is 1.16. The van der Waals surface area contributed by atoms with Crippen LogP contribution in [0, 0.1) is 0 Å². The van der Waals surface area contributed by atoms with Gasteiger partial charge >= 0.3 is 0 Å². The molecule has 1 fully saturated rings. The summed E-state index contributed by atoms with van der Waals surface area (Å²) in [7, 11) is 0. The molecule has 1 saturated heterocycles. The highest BCUT2D eigenvalue weighted by Gasteiger charge is 2.13. The molecule has 3 nitrogen and oxygen atoms in total. The van der Waals surface area contributed by atoms with Gasteiger partial charge in [0.15, 0.2) is 0 Å². The standard InChI is InChI=1S/C13H22N2O/c1-11(13-6-4-9-15-13)16-10-7-12-5-2-3-8-14-12/h4,6,9,11-12,14-15H,2-3,5,7-8,10H2,1H3/t11-,12-/m1/s1. The van der Waals surface area contributed by atoms with Crippen LogP contribution in [-0.2, 0) is 4.74 Å². The van der Waals surface area contributed by atoms with Crippen molar-refractivity contribution < 1.29 is 4.74 Å². The molecule has 1 aromatic rings. The Bertz CT molecular complexity index is 278. The first-order chi connectivity index (χ1) is 7.86. The largest absolute Gasteiger partial charge is 0.372 e. The third kappa shape index (κ3) is 3.35. The Balaban J connectivity index is 1.63. The van der Waals surface area contributed by atoms with Gasteiger partial charge in [0, 0.05) is 24.5 Å². The first-order valence-electron chi connectivity index (χ1n) is 6.34. The van der Waals surface area contributed by atoms with Crippen molar-refractivity contribution in [2.75, 3.05) is 13.2 Å². The van der Waals surface area contributed by atoms with E-state index in [0.29, 0.717) is 6.04 Å². The first kappa shape index (κ1) is 11.7. The molecule has 0 amide bonds. The number of aromatic amines is 1. The second-order valence-electron chi connectivity index (χ2n) is 4.57. The van der Waals surface area contributed by atoms with Gasteiger partial charge in [-0.25, -0.2) is 0 Å². The van der Waals surface area contributed by atoms with Gasteiger partial charge in [-0.3, -0.25) is 0 Å². The summed E-state index contributed by atoms with van der Waals surface area (Å²) in [5.74, 6) is 0. The Labute approximate surface area is 97.6 Å². The molecule has 0 aliphatic carbocycles. The number of H-pyrrole nitrogens is 1. The van der Waals surface area contributed by atoms with Crippen LogP contribution in [0.25, 0.3) is 0 Å². The van der Waals surface area contributed by atoms with Gasteiger partial charge in [0.1, 0.15) is 0 Å². The van der Waals surface area contributed by atoms with Crippen LogP contribution < -0.4 is 5.32 Å². The lowest BCUT2D eigenvalue weighted by Gasteiger charge is -2.23. The normalized spacial score (nSPS) is 23.2. The Morgan fingerprint density at radius 1 is 1.50 bits per heavy atom. The highest BCUT2D eigenvalue weighted by atomic mass is 16.5. The molecule has 90 valence electrons. The van der Waals surface area contributed by atoms with E-state index in [9.17, 15) is 0 Å². The molecular weight excluding hydrogens is 200 g/mol. The van der Waals surface area contributed by atoms with Crippen LogP contribution in [-0.4, -0.2) is 24.2 Å². The minimum Gasteiger partial charge on any atom is -0.372 e. The van der Waals surface area contributed by atoms with E-state index < -0.39 is 0 Å². The predicted molar refractivity (Wildman–Crippen MR) is 65.4 cm³/mol. The lowest BCUT2D eigenvalue weighted by atomic mass is 10.0. The number of nitrogens with one attached hydrogen (secondary N) is 2. The minimum absolute atomic E-state index is 0.179. The third-order valence-corrected chi connectivity index (χ3v) is 3.31. The lowest BCUT2D eigenvalue weighted by molar-refractivity contribution is 0.0549. The number of hydrogen-bond donors (Lipinski definition) is 2. The minimum atomic E-state index is 0.179. The van der Waals surface area contributed by atoms with Crippen LogP contribution in [0.3, 0.4) is 0 Å². The van der Waals surface area contributed by atoms with Crippen LogP contribution in [0.2, 0.25) is 0 Å². The van der Waals surface area contributed by atoms with E-state index in [-0.39, 0.29) is 6.10 Å². The summed E-state index contributed by atoms with van der Waals surface area (Å²) in [6.07, 6.45) is 7.25. The van der Waals surface area contributed by atoms with Crippen LogP contribution in [0.15, 0.2) is 18.3 Å². The van der Waals surface area contributed by atoms with Crippen molar-refractivity contribution in [3.8, 4) is 0 Å². The fraction of sp³-hybridized carbons (Fsp3) is 0.692. The number of aromatic nitrogens is 1. The molecular formula is C13H22N2O. The van der Waals surface area contributed by atoms with Gasteiger partial charge in [-0.1, -0.05) is 6.42 Å². The van der Waals surface area contributed by atoms with Gasteiger partial charge in [-0.05, 0) is 44.9 Å². The van der Waals surface area contributed by atoms with Crippen LogP contribution in [0.4, 0.5) is 0 Å². The predicted octanol–water partition coefficient (Wildman–Crippen LogP) is 2.62. The molecule has 1 aliphatic heterocycles. The number of piperidine rings is 1. The van der Waals surface area contributed by atoms with E-state index in [1.807, 2.05) is 12.3 Å². The Morgan fingerprint density at radius 2 is 2.44 bits per heavy atom. The van der Waals surface area contributed by atoms with Gasteiger partial charge in [0.05, 0.1) is 6.10 Å². The van der Waals surface area contributed by atoms with Crippen molar-refractivity contribution in [1.82, 2.24) is 10.3 Å². The number of hydrogen-bond acceptors (Lipinski definition) is 2. The Kier molecular flexibility index (Phi) is 4.43. The molecule has 2 N–H and O–H groups in total. The zero-order valence-electron chi connectivity index (χ0n) is 10.0. The van der Waals surface area contributed by atoms with Crippen molar-refractivity contribution in [2.45, 2.75) is 44.8 Å². The van der Waals surface area contributed by atoms with Gasteiger partial charge in [0.25, 0.3) is 0 Å². The van der Waals surface area contributed by atoms with Crippen LogP contribution in [0.5, 0.6) is 0 Å². The summed E-state index contributed by atoms with van der Waals surface area (Å²) >= 11 is 0. The number of ether oxygens (including phenoxy) is 1. The van der Waals surface area contributed by atoms with E-state index in [1.54, 1.807) is 0 Å². The smallest absolute Gasteiger partial charge is 0.0944 e. The molecule has 16 heavy (non-hydrogen) atoms. The molecule has 0 bridgehead atoms. The second kappa shape index (κ2) is 6.06. The summed E-state index contributed by atoms with van der Waals surface area (Å²) in [6.45, 7) is 4.12. The average molecular weight is 222 g/mol. The van der Waals surface area contributed by atoms with E-state index in [4.69, 9.17) is 4.74 Å². The highest BCUT2D eigenvalue weighted by molar-refractivity contribution is 5.06. The third-order valence-electron chi connectivity index (χ3n) is 3.31. The maximum absolute atomic E-state index is 5.82. The molecule has 2 rings (SSSR count). The SMILES string of the molecule is C[C@@H](OCC[C@H]1CCCCN1)c1ccc[nH]1. The quantitative estimate of drug-likeness (QED) is 0.803. The summed E-state index contributed by atoms with van der Waals surface area (Å²) in [6, 6.07) is 4.76. The molecule has 0 radical (unpaired) electrons. The van der Waals surface area contributed by atoms with Crippen molar-refractivity contribution in [2.24, 2.45) is 0 Å². The number of rotatable bonds is 5.